The second kappa shape index (κ2) is 11.0. The second-order valence-corrected chi connectivity index (χ2v) is 5.97. The molecule has 0 radical (unpaired) electrons. The Morgan fingerprint density at radius 1 is 0.933 bits per heavy atom. The molecule has 2 aromatic rings. The molecule has 0 bridgehead atoms. The van der Waals surface area contributed by atoms with Crippen molar-refractivity contribution in [2.75, 3.05) is 6.61 Å². The van der Waals surface area contributed by atoms with E-state index in [1.54, 1.807) is 18.2 Å². The lowest BCUT2D eigenvalue weighted by molar-refractivity contribution is -0.137. The number of hydrogen-bond acceptors (Lipinski definition) is 7. The Labute approximate surface area is 173 Å². The number of carbonyl (C=O) groups is 3. The molecule has 0 heterocycles. The Balaban J connectivity index is 2.12. The molecule has 2 rings (SSSR count). The van der Waals surface area contributed by atoms with Crippen LogP contribution in [0.25, 0.3) is 12.2 Å². The molecule has 0 N–H and O–H groups in total. The molecule has 0 fully saturated rings. The van der Waals surface area contributed by atoms with Crippen LogP contribution in [0.3, 0.4) is 0 Å². The third kappa shape index (κ3) is 7.09. The van der Waals surface area contributed by atoms with Crippen LogP contribution in [0.4, 0.5) is 0 Å². The Hall–Kier alpha value is -4.18. The molecule has 0 aliphatic rings. The van der Waals surface area contributed by atoms with Crippen molar-refractivity contribution in [3.8, 4) is 17.6 Å². The SMILES string of the molecule is CC(=O)Oc1ccc(/C=C(\C#N)C(=O)OC/C=C/c2ccccc2)cc1OC(C)=O. The van der Waals surface area contributed by atoms with Gasteiger partial charge in [-0.2, -0.15) is 5.26 Å². The first-order valence-corrected chi connectivity index (χ1v) is 8.90. The molecule has 0 atom stereocenters. The zero-order valence-corrected chi connectivity index (χ0v) is 16.5. The first-order chi connectivity index (χ1) is 14.4. The zero-order chi connectivity index (χ0) is 21.9. The quantitative estimate of drug-likeness (QED) is 0.299. The van der Waals surface area contributed by atoms with Crippen LogP contribution in [0, 0.1) is 11.3 Å². The predicted octanol–water partition coefficient (Wildman–Crippen LogP) is 3.70. The van der Waals surface area contributed by atoms with E-state index in [2.05, 4.69) is 0 Å². The van der Waals surface area contributed by atoms with Crippen LogP contribution in [-0.4, -0.2) is 24.5 Å². The molecule has 0 unspecified atom stereocenters. The van der Waals surface area contributed by atoms with Crippen LogP contribution in [0.5, 0.6) is 11.5 Å². The lowest BCUT2D eigenvalue weighted by atomic mass is 10.1. The fraction of sp³-hybridized carbons (Fsp3) is 0.130. The molecule has 7 nitrogen and oxygen atoms in total. The van der Waals surface area contributed by atoms with Crippen molar-refractivity contribution < 1.29 is 28.6 Å². The molecule has 2 aromatic carbocycles. The number of esters is 3. The second-order valence-electron chi connectivity index (χ2n) is 5.97. The van der Waals surface area contributed by atoms with Gasteiger partial charge in [-0.3, -0.25) is 9.59 Å². The summed E-state index contributed by atoms with van der Waals surface area (Å²) in [5, 5.41) is 9.29. The number of benzene rings is 2. The van der Waals surface area contributed by atoms with Gasteiger partial charge in [-0.15, -0.1) is 0 Å². The van der Waals surface area contributed by atoms with Gasteiger partial charge in [0.05, 0.1) is 0 Å². The largest absolute Gasteiger partial charge is 0.457 e. The molecule has 7 heteroatoms. The first-order valence-electron chi connectivity index (χ1n) is 8.90. The van der Waals surface area contributed by atoms with E-state index in [-0.39, 0.29) is 23.7 Å². The molecule has 0 aliphatic carbocycles. The molecule has 0 saturated carbocycles. The Morgan fingerprint density at radius 2 is 1.60 bits per heavy atom. The van der Waals surface area contributed by atoms with E-state index in [1.807, 2.05) is 30.3 Å². The van der Waals surface area contributed by atoms with E-state index in [1.165, 1.54) is 38.1 Å². The molecule has 0 aliphatic heterocycles. The molecular formula is C23H19NO6. The third-order valence-electron chi connectivity index (χ3n) is 3.55. The molecular weight excluding hydrogens is 386 g/mol. The first kappa shape index (κ1) is 22.1. The van der Waals surface area contributed by atoms with Gasteiger partial charge in [0.2, 0.25) is 0 Å². The highest BCUT2D eigenvalue weighted by Crippen LogP contribution is 2.29. The number of rotatable bonds is 7. The zero-order valence-electron chi connectivity index (χ0n) is 16.5. The van der Waals surface area contributed by atoms with Gasteiger partial charge in [-0.1, -0.05) is 42.5 Å². The maximum Gasteiger partial charge on any atom is 0.349 e. The van der Waals surface area contributed by atoms with Gasteiger partial charge in [-0.25, -0.2) is 4.79 Å². The van der Waals surface area contributed by atoms with Gasteiger partial charge in [0.25, 0.3) is 0 Å². The average molecular weight is 405 g/mol. The van der Waals surface area contributed by atoms with Gasteiger partial charge >= 0.3 is 17.9 Å². The molecule has 152 valence electrons. The topological polar surface area (TPSA) is 103 Å². The van der Waals surface area contributed by atoms with Crippen molar-refractivity contribution in [1.82, 2.24) is 0 Å². The molecule has 0 spiro atoms. The lowest BCUT2D eigenvalue weighted by Crippen LogP contribution is -2.08. The highest BCUT2D eigenvalue weighted by Gasteiger charge is 2.14. The summed E-state index contributed by atoms with van der Waals surface area (Å²) in [6.45, 7) is 2.40. The van der Waals surface area contributed by atoms with Gasteiger partial charge in [0.1, 0.15) is 18.2 Å². The van der Waals surface area contributed by atoms with E-state index in [0.717, 1.165) is 5.56 Å². The number of hydrogen-bond donors (Lipinski definition) is 0. The summed E-state index contributed by atoms with van der Waals surface area (Å²) in [6.07, 6.45) is 4.74. The van der Waals surface area contributed by atoms with E-state index in [4.69, 9.17) is 14.2 Å². The summed E-state index contributed by atoms with van der Waals surface area (Å²) in [5.41, 5.74) is 1.10. The van der Waals surface area contributed by atoms with Crippen LogP contribution in [-0.2, 0) is 19.1 Å². The van der Waals surface area contributed by atoms with E-state index >= 15 is 0 Å². The average Bonchev–Trinajstić information content (AvgIpc) is 2.71. The van der Waals surface area contributed by atoms with Gasteiger partial charge in [-0.05, 0) is 35.4 Å². The number of ether oxygens (including phenoxy) is 3. The predicted molar refractivity (Wildman–Crippen MR) is 109 cm³/mol. The fourth-order valence-corrected chi connectivity index (χ4v) is 2.34. The van der Waals surface area contributed by atoms with E-state index < -0.39 is 17.9 Å². The minimum absolute atomic E-state index is 0.00314. The summed E-state index contributed by atoms with van der Waals surface area (Å²) in [4.78, 5) is 34.6. The van der Waals surface area contributed by atoms with Crippen molar-refractivity contribution in [2.45, 2.75) is 13.8 Å². The maximum absolute atomic E-state index is 12.2. The fourth-order valence-electron chi connectivity index (χ4n) is 2.34. The van der Waals surface area contributed by atoms with E-state index in [0.29, 0.717) is 5.56 Å². The van der Waals surface area contributed by atoms with Crippen LogP contribution in [0.1, 0.15) is 25.0 Å². The summed E-state index contributed by atoms with van der Waals surface area (Å²) in [6, 6.07) is 15.5. The highest BCUT2D eigenvalue weighted by molar-refractivity contribution is 5.98. The van der Waals surface area contributed by atoms with Crippen LogP contribution < -0.4 is 9.47 Å². The van der Waals surface area contributed by atoms with Gasteiger partial charge in [0.15, 0.2) is 11.5 Å². The maximum atomic E-state index is 12.2. The van der Waals surface area contributed by atoms with Crippen LogP contribution >= 0.6 is 0 Å². The third-order valence-corrected chi connectivity index (χ3v) is 3.55. The Bertz CT molecular complexity index is 1030. The van der Waals surface area contributed by atoms with Gasteiger partial charge in [0, 0.05) is 13.8 Å². The normalized spacial score (nSPS) is 10.9. The highest BCUT2D eigenvalue weighted by atomic mass is 16.6. The Kier molecular flexibility index (Phi) is 8.09. The monoisotopic (exact) mass is 405 g/mol. The van der Waals surface area contributed by atoms with Crippen molar-refractivity contribution in [2.24, 2.45) is 0 Å². The van der Waals surface area contributed by atoms with Crippen molar-refractivity contribution >= 4 is 30.1 Å². The van der Waals surface area contributed by atoms with Crippen LogP contribution in [0.15, 0.2) is 60.2 Å². The van der Waals surface area contributed by atoms with Crippen molar-refractivity contribution in [1.29, 1.82) is 5.26 Å². The summed E-state index contributed by atoms with van der Waals surface area (Å²) < 4.78 is 15.1. The molecule has 0 amide bonds. The number of nitrogens with zero attached hydrogens (tertiary/aromatic N) is 1. The minimum Gasteiger partial charge on any atom is -0.457 e. The molecule has 0 saturated heterocycles. The molecule has 0 aromatic heterocycles. The lowest BCUT2D eigenvalue weighted by Gasteiger charge is -2.09. The van der Waals surface area contributed by atoms with Gasteiger partial charge < -0.3 is 14.2 Å². The minimum atomic E-state index is -0.798. The number of nitriles is 1. The van der Waals surface area contributed by atoms with Crippen molar-refractivity contribution in [3.05, 3.63) is 71.3 Å². The Morgan fingerprint density at radius 3 is 2.23 bits per heavy atom. The number of carbonyl (C=O) groups excluding carboxylic acids is 3. The summed E-state index contributed by atoms with van der Waals surface area (Å²) >= 11 is 0. The smallest absolute Gasteiger partial charge is 0.349 e. The summed E-state index contributed by atoms with van der Waals surface area (Å²) in [7, 11) is 0. The summed E-state index contributed by atoms with van der Waals surface area (Å²) in [5.74, 6) is -1.97. The van der Waals surface area contributed by atoms with Crippen molar-refractivity contribution in [3.63, 3.8) is 0 Å². The van der Waals surface area contributed by atoms with E-state index in [9.17, 15) is 19.6 Å². The van der Waals surface area contributed by atoms with Crippen LogP contribution in [0.2, 0.25) is 0 Å². The standard InChI is InChI=1S/C23H19NO6/c1-16(25)29-21-11-10-19(14-22(21)30-17(2)26)13-20(15-24)23(27)28-12-6-9-18-7-4-3-5-8-18/h3-11,13-14H,12H2,1-2H3/b9-6+,20-13+. The molecule has 30 heavy (non-hydrogen) atoms.